The van der Waals surface area contributed by atoms with E-state index in [1.54, 1.807) is 6.07 Å². The number of hydrogen-bond donors (Lipinski definition) is 0. The molecule has 0 aromatic carbocycles. The molecule has 0 atom stereocenters. The Kier molecular flexibility index (Phi) is 4.54. The fourth-order valence-corrected chi connectivity index (χ4v) is 1.92. The van der Waals surface area contributed by atoms with E-state index in [0.717, 1.165) is 0 Å². The molecule has 0 spiro atoms. The monoisotopic (exact) mass is 308 g/mol. The molecule has 0 radical (unpaired) electrons. The first-order chi connectivity index (χ1) is 10.3. The van der Waals surface area contributed by atoms with E-state index < -0.39 is 11.7 Å². The average Bonchev–Trinajstić information content (AvgIpc) is 2.42. The minimum atomic E-state index is -0.580. The summed E-state index contributed by atoms with van der Waals surface area (Å²) in [5, 5.41) is 0. The third kappa shape index (κ3) is 4.09. The molecule has 1 aliphatic heterocycles. The Labute approximate surface area is 129 Å². The van der Waals surface area contributed by atoms with Crippen molar-refractivity contribution in [1.29, 1.82) is 0 Å². The number of pyridine rings is 1. The molecule has 2 rings (SSSR count). The zero-order chi connectivity index (χ0) is 16.3. The summed E-state index contributed by atoms with van der Waals surface area (Å²) in [6.45, 7) is 7.57. The lowest BCUT2D eigenvalue weighted by Crippen LogP contribution is -2.41. The molecule has 1 amide bonds. The fraction of sp³-hybridized carbons (Fsp3) is 0.533. The molecule has 1 aromatic rings. The molecule has 1 aliphatic rings. The molecule has 22 heavy (non-hydrogen) atoms. The van der Waals surface area contributed by atoms with Gasteiger partial charge < -0.3 is 14.2 Å². The van der Waals surface area contributed by atoms with Crippen LogP contribution in [0.2, 0.25) is 0 Å². The highest BCUT2D eigenvalue weighted by atomic mass is 16.6. The molecule has 0 saturated carbocycles. The van der Waals surface area contributed by atoms with Gasteiger partial charge in [0.1, 0.15) is 18.8 Å². The third-order valence-electron chi connectivity index (χ3n) is 2.80. The number of fused-ring (bicyclic) bond motifs is 1. The van der Waals surface area contributed by atoms with Gasteiger partial charge in [0.05, 0.1) is 24.1 Å². The van der Waals surface area contributed by atoms with Crippen molar-refractivity contribution in [2.45, 2.75) is 39.9 Å². The summed E-state index contributed by atoms with van der Waals surface area (Å²) in [7, 11) is 0. The Morgan fingerprint density at radius 1 is 1.41 bits per heavy atom. The summed E-state index contributed by atoms with van der Waals surface area (Å²) in [6.07, 6.45) is 1.08. The van der Waals surface area contributed by atoms with Gasteiger partial charge in [-0.3, -0.25) is 14.7 Å². The van der Waals surface area contributed by atoms with Crippen molar-refractivity contribution >= 4 is 17.7 Å². The molecular formula is C15H20N2O5. The molecule has 1 aromatic heterocycles. The van der Waals surface area contributed by atoms with Crippen LogP contribution in [0.5, 0.6) is 5.75 Å². The van der Waals surface area contributed by atoms with Crippen molar-refractivity contribution in [2.24, 2.45) is 0 Å². The van der Waals surface area contributed by atoms with E-state index in [9.17, 15) is 9.59 Å². The molecular weight excluding hydrogens is 288 g/mol. The largest absolute Gasteiger partial charge is 0.488 e. The molecule has 0 saturated heterocycles. The average molecular weight is 308 g/mol. The van der Waals surface area contributed by atoms with Crippen molar-refractivity contribution in [3.63, 3.8) is 0 Å². The Morgan fingerprint density at radius 3 is 2.77 bits per heavy atom. The van der Waals surface area contributed by atoms with Crippen LogP contribution >= 0.6 is 0 Å². The molecule has 0 N–H and O–H groups in total. The van der Waals surface area contributed by atoms with E-state index in [2.05, 4.69) is 4.98 Å². The van der Waals surface area contributed by atoms with E-state index in [-0.39, 0.29) is 12.6 Å². The zero-order valence-corrected chi connectivity index (χ0v) is 13.2. The van der Waals surface area contributed by atoms with Gasteiger partial charge in [0.15, 0.2) is 5.75 Å². The normalized spacial score (nSPS) is 13.9. The van der Waals surface area contributed by atoms with Crippen LogP contribution in [0.4, 0.5) is 10.5 Å². The number of anilines is 1. The van der Waals surface area contributed by atoms with Crippen LogP contribution < -0.4 is 9.64 Å². The predicted molar refractivity (Wildman–Crippen MR) is 78.8 cm³/mol. The molecule has 7 heteroatoms. The number of nitrogens with zero attached hydrogens (tertiary/aromatic N) is 2. The Balaban J connectivity index is 2.22. The number of amides is 1. The van der Waals surface area contributed by atoms with Crippen molar-refractivity contribution in [3.8, 4) is 5.75 Å². The lowest BCUT2D eigenvalue weighted by Gasteiger charge is -2.31. The lowest BCUT2D eigenvalue weighted by molar-refractivity contribution is -0.142. The minimum Gasteiger partial charge on any atom is -0.488 e. The van der Waals surface area contributed by atoms with Gasteiger partial charge in [0, 0.05) is 6.92 Å². The van der Waals surface area contributed by atoms with Crippen LogP contribution in [0.3, 0.4) is 0 Å². The van der Waals surface area contributed by atoms with Gasteiger partial charge in [-0.1, -0.05) is 0 Å². The topological polar surface area (TPSA) is 78.0 Å². The van der Waals surface area contributed by atoms with E-state index in [1.165, 1.54) is 18.0 Å². The second kappa shape index (κ2) is 6.21. The third-order valence-corrected chi connectivity index (χ3v) is 2.80. The number of hydrogen-bond acceptors (Lipinski definition) is 6. The summed E-state index contributed by atoms with van der Waals surface area (Å²) in [4.78, 5) is 28.8. The van der Waals surface area contributed by atoms with Crippen molar-refractivity contribution in [2.75, 3.05) is 18.1 Å². The van der Waals surface area contributed by atoms with E-state index in [4.69, 9.17) is 14.2 Å². The number of rotatable bonds is 2. The van der Waals surface area contributed by atoms with Gasteiger partial charge in [-0.25, -0.2) is 4.79 Å². The molecule has 120 valence electrons. The second-order valence-electron chi connectivity index (χ2n) is 5.90. The molecule has 0 unspecified atom stereocenters. The fourth-order valence-electron chi connectivity index (χ4n) is 1.92. The van der Waals surface area contributed by atoms with Crippen LogP contribution in [-0.2, 0) is 20.9 Å². The van der Waals surface area contributed by atoms with E-state index >= 15 is 0 Å². The standard InChI is InChI=1S/C15H20N2O5/c1-10(18)21-9-11-7-12-13(8-16-11)20-6-5-17(12)14(19)22-15(2,3)4/h7-8H,5-6,9H2,1-4H3. The number of ether oxygens (including phenoxy) is 3. The van der Waals surface area contributed by atoms with Gasteiger partial charge >= 0.3 is 12.1 Å². The van der Waals surface area contributed by atoms with E-state index in [0.29, 0.717) is 30.3 Å². The van der Waals surface area contributed by atoms with Crippen molar-refractivity contribution in [3.05, 3.63) is 18.0 Å². The number of aromatic nitrogens is 1. The first kappa shape index (κ1) is 16.1. The Morgan fingerprint density at radius 2 is 2.14 bits per heavy atom. The van der Waals surface area contributed by atoms with Crippen molar-refractivity contribution < 1.29 is 23.8 Å². The van der Waals surface area contributed by atoms with Crippen molar-refractivity contribution in [1.82, 2.24) is 4.98 Å². The zero-order valence-electron chi connectivity index (χ0n) is 13.2. The first-order valence-electron chi connectivity index (χ1n) is 7.02. The van der Waals surface area contributed by atoms with Gasteiger partial charge in [0.2, 0.25) is 0 Å². The summed E-state index contributed by atoms with van der Waals surface area (Å²) >= 11 is 0. The smallest absolute Gasteiger partial charge is 0.415 e. The quantitative estimate of drug-likeness (QED) is 0.780. The van der Waals surface area contributed by atoms with Gasteiger partial charge in [-0.05, 0) is 26.8 Å². The maximum Gasteiger partial charge on any atom is 0.415 e. The maximum absolute atomic E-state index is 12.3. The van der Waals surface area contributed by atoms with Gasteiger partial charge in [-0.2, -0.15) is 0 Å². The molecule has 0 aliphatic carbocycles. The summed E-state index contributed by atoms with van der Waals surface area (Å²) < 4.78 is 15.8. The lowest BCUT2D eigenvalue weighted by atomic mass is 10.2. The molecule has 0 bridgehead atoms. The van der Waals surface area contributed by atoms with E-state index in [1.807, 2.05) is 20.8 Å². The number of carbonyl (C=O) groups excluding carboxylic acids is 2. The van der Waals surface area contributed by atoms with Crippen LogP contribution in [0.15, 0.2) is 12.3 Å². The van der Waals surface area contributed by atoms with Crippen LogP contribution in [0.25, 0.3) is 0 Å². The summed E-state index contributed by atoms with van der Waals surface area (Å²) in [5.74, 6) is 0.114. The summed E-state index contributed by atoms with van der Waals surface area (Å²) in [5.41, 5.74) is 0.522. The Bertz CT molecular complexity index is 580. The number of esters is 1. The van der Waals surface area contributed by atoms with Gasteiger partial charge in [0.25, 0.3) is 0 Å². The number of carbonyl (C=O) groups is 2. The van der Waals surface area contributed by atoms with Crippen LogP contribution in [0.1, 0.15) is 33.4 Å². The van der Waals surface area contributed by atoms with Crippen LogP contribution in [-0.4, -0.2) is 35.8 Å². The maximum atomic E-state index is 12.3. The highest BCUT2D eigenvalue weighted by Crippen LogP contribution is 2.32. The first-order valence-corrected chi connectivity index (χ1v) is 7.02. The SMILES string of the molecule is CC(=O)OCc1cc2c(cn1)OCCN2C(=O)OC(C)(C)C. The van der Waals surface area contributed by atoms with Gasteiger partial charge in [-0.15, -0.1) is 0 Å². The second-order valence-corrected chi connectivity index (χ2v) is 5.90. The summed E-state index contributed by atoms with van der Waals surface area (Å²) in [6, 6.07) is 1.67. The predicted octanol–water partition coefficient (Wildman–Crippen LogP) is 2.28. The van der Waals surface area contributed by atoms with Crippen LogP contribution in [0, 0.1) is 0 Å². The molecule has 0 fully saturated rings. The highest BCUT2D eigenvalue weighted by molar-refractivity contribution is 5.90. The minimum absolute atomic E-state index is 0.0464. The Hall–Kier alpha value is -2.31. The molecule has 7 nitrogen and oxygen atoms in total. The molecule has 2 heterocycles. The highest BCUT2D eigenvalue weighted by Gasteiger charge is 2.28.